The maximum atomic E-state index is 14.5. The number of aromatic nitrogens is 2. The summed E-state index contributed by atoms with van der Waals surface area (Å²) in [4.78, 5) is 39.8. The van der Waals surface area contributed by atoms with E-state index in [1.807, 2.05) is 6.07 Å². The molecule has 0 saturated heterocycles. The first-order valence-electron chi connectivity index (χ1n) is 13.4. The van der Waals surface area contributed by atoms with Crippen LogP contribution in [0.25, 0.3) is 0 Å². The van der Waals surface area contributed by atoms with Gasteiger partial charge in [0.2, 0.25) is 0 Å². The minimum absolute atomic E-state index is 0.00997. The number of rotatable bonds is 11. The minimum Gasteiger partial charge on any atom is -0.464 e. The first-order chi connectivity index (χ1) is 19.3. The van der Waals surface area contributed by atoms with Crippen molar-refractivity contribution in [2.24, 2.45) is 7.05 Å². The summed E-state index contributed by atoms with van der Waals surface area (Å²) in [5.41, 5.74) is 2.15. The fourth-order valence-electron chi connectivity index (χ4n) is 5.31. The van der Waals surface area contributed by atoms with Crippen molar-refractivity contribution in [3.05, 3.63) is 52.3 Å². The number of hydrogen-bond acceptors (Lipinski definition) is 8. The van der Waals surface area contributed by atoms with E-state index in [2.05, 4.69) is 10.4 Å². The molecule has 2 aromatic rings. The van der Waals surface area contributed by atoms with Crippen molar-refractivity contribution in [3.8, 4) is 6.07 Å². The molecule has 1 N–H and O–H groups in total. The number of alkyl halides is 1. The molecule has 1 atom stereocenters. The number of nitrogens with zero attached hydrogens (tertiary/aromatic N) is 4. The lowest BCUT2D eigenvalue weighted by molar-refractivity contribution is -0.149. The van der Waals surface area contributed by atoms with Gasteiger partial charge in [0.05, 0.1) is 27.7 Å². The van der Waals surface area contributed by atoms with E-state index in [0.29, 0.717) is 30.4 Å². The molecule has 4 rings (SSSR count). The number of benzene rings is 1. The predicted molar refractivity (Wildman–Crippen MR) is 146 cm³/mol. The number of hydrogen-bond donors (Lipinski definition) is 1. The molecule has 41 heavy (non-hydrogen) atoms. The zero-order valence-electron chi connectivity index (χ0n) is 23.6. The monoisotopic (exact) mass is 587 g/mol. The fraction of sp³-hybridized carbons (Fsp3) is 0.536. The second kappa shape index (κ2) is 11.2. The molecule has 1 aromatic heterocycles. The predicted octanol–water partition coefficient (Wildman–Crippen LogP) is 2.24. The highest BCUT2D eigenvalue weighted by molar-refractivity contribution is 7.94. The SMILES string of the molecule is CCOC(=O)C(F)CC(C)(C)S(=O)(=O)C1(CN2CCc3c(C(=O)NCc4ccc(C#N)cc4)nn(C)c3C2=O)CC1. The van der Waals surface area contributed by atoms with Gasteiger partial charge in [0.25, 0.3) is 11.8 Å². The van der Waals surface area contributed by atoms with Crippen LogP contribution in [0.1, 0.15) is 77.7 Å². The van der Waals surface area contributed by atoms with E-state index in [1.54, 1.807) is 38.2 Å². The summed E-state index contributed by atoms with van der Waals surface area (Å²) < 4.78 is 45.2. The van der Waals surface area contributed by atoms with Crippen LogP contribution in [0, 0.1) is 11.3 Å². The summed E-state index contributed by atoms with van der Waals surface area (Å²) in [6.07, 6.45) is -1.67. The lowest BCUT2D eigenvalue weighted by Crippen LogP contribution is -2.51. The summed E-state index contributed by atoms with van der Waals surface area (Å²) in [5, 5.41) is 16.0. The van der Waals surface area contributed by atoms with Crippen LogP contribution in [0.3, 0.4) is 0 Å². The van der Waals surface area contributed by atoms with Crippen LogP contribution >= 0.6 is 0 Å². The number of halogens is 1. The molecular formula is C28H34FN5O6S. The number of nitriles is 1. The molecule has 2 aliphatic rings. The number of esters is 1. The smallest absolute Gasteiger partial charge is 0.340 e. The molecule has 1 unspecified atom stereocenters. The summed E-state index contributed by atoms with van der Waals surface area (Å²) >= 11 is 0. The molecule has 2 amide bonds. The van der Waals surface area contributed by atoms with Crippen LogP contribution < -0.4 is 5.32 Å². The number of fused-ring (bicyclic) bond motifs is 1. The van der Waals surface area contributed by atoms with E-state index >= 15 is 0 Å². The van der Waals surface area contributed by atoms with E-state index in [-0.39, 0.29) is 37.6 Å². The standard InChI is InChI=1S/C28H34FN5O6S/c1-5-40-26(37)21(29)14-27(2,3)41(38,39)28(11-12-28)17-34-13-10-20-22(32-33(4)23(20)25(34)36)24(35)31-16-19-8-6-18(15-30)7-9-19/h6-9,21H,5,10-14,16-17H2,1-4H3,(H,31,35). The van der Waals surface area contributed by atoms with Gasteiger partial charge in [-0.25, -0.2) is 17.6 Å². The van der Waals surface area contributed by atoms with Gasteiger partial charge in [-0.3, -0.25) is 14.3 Å². The number of sulfone groups is 1. The Labute approximate surface area is 238 Å². The maximum Gasteiger partial charge on any atom is 0.340 e. The number of carbonyl (C=O) groups is 3. The number of aryl methyl sites for hydroxylation is 1. The van der Waals surface area contributed by atoms with Crippen molar-refractivity contribution in [1.82, 2.24) is 20.0 Å². The molecule has 0 spiro atoms. The average Bonchev–Trinajstić information content (AvgIpc) is 3.65. The van der Waals surface area contributed by atoms with Crippen molar-refractivity contribution >= 4 is 27.6 Å². The quantitative estimate of drug-likeness (QED) is 0.393. The average molecular weight is 588 g/mol. The largest absolute Gasteiger partial charge is 0.464 e. The van der Waals surface area contributed by atoms with Gasteiger partial charge in [-0.2, -0.15) is 10.4 Å². The van der Waals surface area contributed by atoms with Crippen molar-refractivity contribution in [1.29, 1.82) is 5.26 Å². The Morgan fingerprint density at radius 3 is 2.51 bits per heavy atom. The third-order valence-corrected chi connectivity index (χ3v) is 11.1. The Hall–Kier alpha value is -3.79. The third-order valence-electron chi connectivity index (χ3n) is 7.82. The summed E-state index contributed by atoms with van der Waals surface area (Å²) in [6, 6.07) is 8.82. The molecule has 1 saturated carbocycles. The van der Waals surface area contributed by atoms with Crippen molar-refractivity contribution in [2.75, 3.05) is 19.7 Å². The van der Waals surface area contributed by atoms with Crippen LogP contribution in [0.15, 0.2) is 24.3 Å². The van der Waals surface area contributed by atoms with E-state index in [9.17, 15) is 27.2 Å². The molecule has 1 aliphatic heterocycles. The second-order valence-corrected chi connectivity index (χ2v) is 14.1. The van der Waals surface area contributed by atoms with E-state index in [1.165, 1.54) is 23.4 Å². The molecule has 11 nitrogen and oxygen atoms in total. The minimum atomic E-state index is -3.97. The third kappa shape index (κ3) is 5.70. The van der Waals surface area contributed by atoms with Gasteiger partial charge in [-0.05, 0) is 57.7 Å². The van der Waals surface area contributed by atoms with Gasteiger partial charge in [0.1, 0.15) is 5.69 Å². The number of amides is 2. The Morgan fingerprint density at radius 2 is 1.93 bits per heavy atom. The Bertz CT molecular complexity index is 1510. The Kier molecular flexibility index (Phi) is 8.27. The Morgan fingerprint density at radius 1 is 1.27 bits per heavy atom. The molecule has 220 valence electrons. The van der Waals surface area contributed by atoms with Crippen molar-refractivity contribution in [3.63, 3.8) is 0 Å². The molecule has 13 heteroatoms. The lowest BCUT2D eigenvalue weighted by atomic mass is 10.0. The van der Waals surface area contributed by atoms with E-state index in [4.69, 9.17) is 10.00 Å². The zero-order valence-corrected chi connectivity index (χ0v) is 24.4. The zero-order chi connectivity index (χ0) is 30.2. The first-order valence-corrected chi connectivity index (χ1v) is 14.9. The van der Waals surface area contributed by atoms with Gasteiger partial charge in [-0.1, -0.05) is 12.1 Å². The van der Waals surface area contributed by atoms with Gasteiger partial charge in [0.15, 0.2) is 21.7 Å². The molecule has 1 aliphatic carbocycles. The number of nitrogens with one attached hydrogen (secondary N) is 1. The Balaban J connectivity index is 1.47. The molecular weight excluding hydrogens is 553 g/mol. The molecule has 0 bridgehead atoms. The van der Waals surface area contributed by atoms with Gasteiger partial charge < -0.3 is 15.0 Å². The highest BCUT2D eigenvalue weighted by Gasteiger charge is 2.61. The second-order valence-electron chi connectivity index (χ2n) is 11.1. The van der Waals surface area contributed by atoms with Crippen LogP contribution in [0.2, 0.25) is 0 Å². The van der Waals surface area contributed by atoms with Gasteiger partial charge >= 0.3 is 5.97 Å². The first kappa shape index (κ1) is 30.2. The number of ether oxygens (including phenoxy) is 1. The fourth-order valence-corrected chi connectivity index (χ4v) is 7.81. The van der Waals surface area contributed by atoms with Gasteiger partial charge in [0, 0.05) is 38.7 Å². The normalized spacial score (nSPS) is 16.9. The van der Waals surface area contributed by atoms with E-state index in [0.717, 1.165) is 5.56 Å². The van der Waals surface area contributed by atoms with Crippen LogP contribution in [0.5, 0.6) is 0 Å². The van der Waals surface area contributed by atoms with Crippen LogP contribution in [-0.4, -0.2) is 76.2 Å². The number of carbonyl (C=O) groups excluding carboxylic acids is 3. The summed E-state index contributed by atoms with van der Waals surface area (Å²) in [7, 11) is -2.42. The maximum absolute atomic E-state index is 14.5. The van der Waals surface area contributed by atoms with E-state index < -0.39 is 49.7 Å². The molecule has 2 heterocycles. The summed E-state index contributed by atoms with van der Waals surface area (Å²) in [6.45, 7) is 4.66. The topological polar surface area (TPSA) is 151 Å². The van der Waals surface area contributed by atoms with Crippen LogP contribution in [0.4, 0.5) is 4.39 Å². The lowest BCUT2D eigenvalue weighted by Gasteiger charge is -2.35. The van der Waals surface area contributed by atoms with Gasteiger partial charge in [-0.15, -0.1) is 0 Å². The highest BCUT2D eigenvalue weighted by Crippen LogP contribution is 2.50. The van der Waals surface area contributed by atoms with Crippen molar-refractivity contribution < 1.29 is 31.9 Å². The van der Waals surface area contributed by atoms with Crippen molar-refractivity contribution in [2.45, 2.75) is 68.7 Å². The molecule has 1 aromatic carbocycles. The molecule has 0 radical (unpaired) electrons. The van der Waals surface area contributed by atoms with Crippen LogP contribution in [-0.2, 0) is 39.4 Å². The molecule has 1 fully saturated rings. The highest BCUT2D eigenvalue weighted by atomic mass is 32.2. The summed E-state index contributed by atoms with van der Waals surface area (Å²) in [5.74, 6) is -1.97.